The van der Waals surface area contributed by atoms with Gasteiger partial charge >= 0.3 is 0 Å². The van der Waals surface area contributed by atoms with Gasteiger partial charge in [0.25, 0.3) is 5.56 Å². The van der Waals surface area contributed by atoms with E-state index in [1.807, 2.05) is 14.1 Å². The van der Waals surface area contributed by atoms with E-state index in [0.29, 0.717) is 28.3 Å². The first-order valence-corrected chi connectivity index (χ1v) is 9.12. The highest BCUT2D eigenvalue weighted by Gasteiger charge is 2.12. The Morgan fingerprint density at radius 2 is 1.85 bits per heavy atom. The van der Waals surface area contributed by atoms with E-state index in [1.165, 1.54) is 16.2 Å². The van der Waals surface area contributed by atoms with E-state index in [4.69, 9.17) is 11.6 Å². The second kappa shape index (κ2) is 7.89. The van der Waals surface area contributed by atoms with Crippen LogP contribution in [0.2, 0.25) is 5.02 Å². The Hall–Kier alpha value is -2.37. The summed E-state index contributed by atoms with van der Waals surface area (Å²) in [5.41, 5.74) is 2.97. The molecule has 2 N–H and O–H groups in total. The van der Waals surface area contributed by atoms with Gasteiger partial charge in [-0.05, 0) is 37.3 Å². The van der Waals surface area contributed by atoms with Crippen LogP contribution in [0.1, 0.15) is 18.3 Å². The lowest BCUT2D eigenvalue weighted by molar-refractivity contribution is -0.926. The van der Waals surface area contributed by atoms with Crippen molar-refractivity contribution >= 4 is 28.2 Å². The van der Waals surface area contributed by atoms with E-state index in [-0.39, 0.29) is 5.56 Å². The third-order valence-corrected chi connectivity index (χ3v) is 4.78. The van der Waals surface area contributed by atoms with Gasteiger partial charge in [-0.2, -0.15) is 0 Å². The largest absolute Gasteiger partial charge is 0.378 e. The number of fused-ring (bicyclic) bond motifs is 1. The summed E-state index contributed by atoms with van der Waals surface area (Å²) in [5.74, 6) is 0.687. The smallest absolute Gasteiger partial charge is 0.258 e. The Morgan fingerprint density at radius 1 is 1.12 bits per heavy atom. The Labute approximate surface area is 158 Å². The van der Waals surface area contributed by atoms with Crippen molar-refractivity contribution in [1.29, 1.82) is 0 Å². The SMILES string of the molecule is CC[NH+](Cc1ccc(N(C)C)cc1)Cc1nc2cc(Cl)ccc2c(=O)[nH]1. The maximum atomic E-state index is 12.3. The topological polar surface area (TPSA) is 53.4 Å². The fourth-order valence-electron chi connectivity index (χ4n) is 2.99. The van der Waals surface area contributed by atoms with Gasteiger partial charge in [-0.3, -0.25) is 4.79 Å². The minimum Gasteiger partial charge on any atom is -0.378 e. The molecule has 0 aliphatic carbocycles. The number of halogens is 1. The minimum absolute atomic E-state index is 0.118. The fourth-order valence-corrected chi connectivity index (χ4v) is 3.16. The lowest BCUT2D eigenvalue weighted by Crippen LogP contribution is -3.09. The van der Waals surface area contributed by atoms with Crippen LogP contribution in [0.4, 0.5) is 5.69 Å². The van der Waals surface area contributed by atoms with Crippen molar-refractivity contribution in [3.05, 3.63) is 69.2 Å². The fraction of sp³-hybridized carbons (Fsp3) is 0.300. The molecule has 3 aromatic rings. The molecular weight excluding hydrogens is 348 g/mol. The Bertz CT molecular complexity index is 950. The summed E-state index contributed by atoms with van der Waals surface area (Å²) in [7, 11) is 4.07. The molecule has 1 aromatic heterocycles. The van der Waals surface area contributed by atoms with Crippen LogP contribution >= 0.6 is 11.6 Å². The van der Waals surface area contributed by atoms with Crippen LogP contribution in [0, 0.1) is 0 Å². The molecule has 0 aliphatic heterocycles. The first kappa shape index (κ1) is 18.4. The van der Waals surface area contributed by atoms with E-state index >= 15 is 0 Å². The van der Waals surface area contributed by atoms with Crippen molar-refractivity contribution in [2.75, 3.05) is 25.5 Å². The summed E-state index contributed by atoms with van der Waals surface area (Å²) in [4.78, 5) is 23.2. The molecule has 0 fully saturated rings. The molecule has 1 heterocycles. The van der Waals surface area contributed by atoms with Gasteiger partial charge in [0, 0.05) is 30.4 Å². The maximum Gasteiger partial charge on any atom is 0.258 e. The number of nitrogens with zero attached hydrogens (tertiary/aromatic N) is 2. The average molecular weight is 372 g/mol. The number of hydrogen-bond donors (Lipinski definition) is 2. The molecule has 6 heteroatoms. The third-order valence-electron chi connectivity index (χ3n) is 4.54. The van der Waals surface area contributed by atoms with Gasteiger partial charge in [0.2, 0.25) is 0 Å². The molecule has 26 heavy (non-hydrogen) atoms. The molecular formula is C20H24ClN4O+. The minimum atomic E-state index is -0.118. The highest BCUT2D eigenvalue weighted by atomic mass is 35.5. The van der Waals surface area contributed by atoms with Crippen molar-refractivity contribution in [2.45, 2.75) is 20.0 Å². The molecule has 0 amide bonds. The van der Waals surface area contributed by atoms with Crippen LogP contribution in [0.5, 0.6) is 0 Å². The standard InChI is InChI=1S/C20H23ClN4O/c1-4-25(12-14-5-8-16(9-6-14)24(2)3)13-19-22-18-11-15(21)7-10-17(18)20(26)23-19/h5-11H,4,12-13H2,1-3H3,(H,22,23,26)/p+1. The first-order chi connectivity index (χ1) is 12.5. The van der Waals surface area contributed by atoms with Gasteiger partial charge in [0.1, 0.15) is 13.1 Å². The van der Waals surface area contributed by atoms with E-state index < -0.39 is 0 Å². The number of aromatic nitrogens is 2. The molecule has 0 spiro atoms. The van der Waals surface area contributed by atoms with Gasteiger partial charge < -0.3 is 14.8 Å². The zero-order chi connectivity index (χ0) is 18.7. The summed E-state index contributed by atoms with van der Waals surface area (Å²) in [6.07, 6.45) is 0. The van der Waals surface area contributed by atoms with Gasteiger partial charge in [-0.25, -0.2) is 4.98 Å². The third kappa shape index (κ3) is 4.23. The van der Waals surface area contributed by atoms with Gasteiger partial charge in [0.15, 0.2) is 5.82 Å². The summed E-state index contributed by atoms with van der Waals surface area (Å²) >= 11 is 6.04. The molecule has 0 radical (unpaired) electrons. The van der Waals surface area contributed by atoms with Crippen LogP contribution < -0.4 is 15.4 Å². The zero-order valence-electron chi connectivity index (χ0n) is 15.3. The summed E-state index contributed by atoms with van der Waals surface area (Å²) in [6.45, 7) is 4.61. The Balaban J connectivity index is 1.79. The molecule has 136 valence electrons. The van der Waals surface area contributed by atoms with E-state index in [1.54, 1.807) is 18.2 Å². The summed E-state index contributed by atoms with van der Waals surface area (Å²) < 4.78 is 0. The van der Waals surface area contributed by atoms with Gasteiger partial charge in [-0.1, -0.05) is 23.7 Å². The zero-order valence-corrected chi connectivity index (χ0v) is 16.1. The molecule has 3 rings (SSSR count). The lowest BCUT2D eigenvalue weighted by atomic mass is 10.2. The predicted molar refractivity (Wildman–Crippen MR) is 107 cm³/mol. The average Bonchev–Trinajstić information content (AvgIpc) is 2.61. The van der Waals surface area contributed by atoms with Crippen LogP contribution in [0.3, 0.4) is 0 Å². The van der Waals surface area contributed by atoms with Crippen LogP contribution in [0.15, 0.2) is 47.3 Å². The molecule has 1 unspecified atom stereocenters. The van der Waals surface area contributed by atoms with Crippen molar-refractivity contribution in [3.8, 4) is 0 Å². The number of benzene rings is 2. The molecule has 0 saturated carbocycles. The number of aromatic amines is 1. The number of anilines is 1. The predicted octanol–water partition coefficient (Wildman–Crippen LogP) is 2.25. The molecule has 1 atom stereocenters. The van der Waals surface area contributed by atoms with Crippen LogP contribution in [-0.4, -0.2) is 30.6 Å². The number of quaternary nitrogens is 1. The van der Waals surface area contributed by atoms with Crippen molar-refractivity contribution in [2.24, 2.45) is 0 Å². The molecule has 5 nitrogen and oxygen atoms in total. The highest BCUT2D eigenvalue weighted by Crippen LogP contribution is 2.14. The number of hydrogen-bond acceptors (Lipinski definition) is 3. The van der Waals surface area contributed by atoms with Gasteiger partial charge in [0.05, 0.1) is 17.4 Å². The molecule has 0 bridgehead atoms. The Kier molecular flexibility index (Phi) is 5.59. The van der Waals surface area contributed by atoms with E-state index in [2.05, 4.69) is 46.1 Å². The van der Waals surface area contributed by atoms with Crippen molar-refractivity contribution in [3.63, 3.8) is 0 Å². The number of nitrogens with one attached hydrogen (secondary N) is 2. The lowest BCUT2D eigenvalue weighted by Gasteiger charge is -2.18. The number of H-pyrrole nitrogens is 1. The second-order valence-electron chi connectivity index (χ2n) is 6.69. The van der Waals surface area contributed by atoms with E-state index in [9.17, 15) is 4.79 Å². The first-order valence-electron chi connectivity index (χ1n) is 8.74. The quantitative estimate of drug-likeness (QED) is 0.698. The summed E-state index contributed by atoms with van der Waals surface area (Å²) in [6, 6.07) is 13.7. The van der Waals surface area contributed by atoms with Crippen LogP contribution in [0.25, 0.3) is 10.9 Å². The van der Waals surface area contributed by atoms with E-state index in [0.717, 1.165) is 13.1 Å². The molecule has 2 aromatic carbocycles. The Morgan fingerprint density at radius 3 is 2.50 bits per heavy atom. The molecule has 0 aliphatic rings. The number of rotatable bonds is 6. The van der Waals surface area contributed by atoms with Crippen molar-refractivity contribution in [1.82, 2.24) is 9.97 Å². The van der Waals surface area contributed by atoms with Crippen LogP contribution in [-0.2, 0) is 13.1 Å². The summed E-state index contributed by atoms with van der Waals surface area (Å²) in [5, 5.41) is 1.15. The monoisotopic (exact) mass is 371 g/mol. The highest BCUT2D eigenvalue weighted by molar-refractivity contribution is 6.31. The van der Waals surface area contributed by atoms with Crippen molar-refractivity contribution < 1.29 is 4.90 Å². The maximum absolute atomic E-state index is 12.3. The van der Waals surface area contributed by atoms with Gasteiger partial charge in [-0.15, -0.1) is 0 Å². The second-order valence-corrected chi connectivity index (χ2v) is 7.13. The molecule has 0 saturated heterocycles. The normalized spacial score (nSPS) is 12.3.